The fraction of sp³-hybridized carbons (Fsp3) is 0.737. The van der Waals surface area contributed by atoms with Crippen molar-refractivity contribution < 1.29 is 4.79 Å². The van der Waals surface area contributed by atoms with Gasteiger partial charge in [0.25, 0.3) is 0 Å². The van der Waals surface area contributed by atoms with Crippen molar-refractivity contribution in [1.29, 1.82) is 0 Å². The Hall–Kier alpha value is -2.05. The molecule has 7 heteroatoms. The monoisotopic (exact) mass is 362 g/mol. The van der Waals surface area contributed by atoms with Crippen LogP contribution in [0.25, 0.3) is 0 Å². The highest BCUT2D eigenvalue weighted by atomic mass is 16.1. The van der Waals surface area contributed by atoms with Gasteiger partial charge in [0, 0.05) is 44.4 Å². The maximum atomic E-state index is 11.3. The third-order valence-corrected chi connectivity index (χ3v) is 5.06. The lowest BCUT2D eigenvalue weighted by Gasteiger charge is -2.34. The molecule has 1 atom stereocenters. The fourth-order valence-electron chi connectivity index (χ4n) is 3.86. The quantitative estimate of drug-likeness (QED) is 0.569. The van der Waals surface area contributed by atoms with E-state index < -0.39 is 0 Å². The zero-order valence-corrected chi connectivity index (χ0v) is 16.7. The predicted octanol–water partition coefficient (Wildman–Crippen LogP) is 1.60. The minimum absolute atomic E-state index is 0.214. The van der Waals surface area contributed by atoms with E-state index in [1.165, 1.54) is 11.3 Å². The van der Waals surface area contributed by atoms with Gasteiger partial charge in [-0.05, 0) is 38.5 Å². The third-order valence-electron chi connectivity index (χ3n) is 5.06. The molecule has 0 bridgehead atoms. The summed E-state index contributed by atoms with van der Waals surface area (Å²) >= 11 is 0. The van der Waals surface area contributed by atoms with Crippen molar-refractivity contribution in [2.75, 3.05) is 19.6 Å². The number of rotatable bonds is 7. The van der Waals surface area contributed by atoms with E-state index in [0.29, 0.717) is 18.9 Å². The van der Waals surface area contributed by atoms with Crippen molar-refractivity contribution in [2.45, 2.75) is 59.4 Å². The summed E-state index contributed by atoms with van der Waals surface area (Å²) in [6, 6.07) is 0. The van der Waals surface area contributed by atoms with Crippen LogP contribution in [0.5, 0.6) is 0 Å². The van der Waals surface area contributed by atoms with E-state index in [1.807, 2.05) is 11.7 Å². The standard InChI is InChI=1S/C19H34N6O/c1-5-16-15(17(6-2)24(4)23-16)12-22-19(21-7-3)25-10-8-9-14(13-25)11-18(20)26/h14H,5-13H2,1-4H3,(H2,20,26)(H,21,22). The van der Waals surface area contributed by atoms with Crippen LogP contribution >= 0.6 is 0 Å². The highest BCUT2D eigenvalue weighted by Crippen LogP contribution is 2.20. The number of carbonyl (C=O) groups is 1. The van der Waals surface area contributed by atoms with Crippen LogP contribution in [0.2, 0.25) is 0 Å². The molecule has 146 valence electrons. The predicted molar refractivity (Wildman–Crippen MR) is 105 cm³/mol. The summed E-state index contributed by atoms with van der Waals surface area (Å²) in [5, 5.41) is 8.05. The van der Waals surface area contributed by atoms with E-state index in [2.05, 4.69) is 36.1 Å². The molecular formula is C19H34N6O. The van der Waals surface area contributed by atoms with E-state index >= 15 is 0 Å². The summed E-state index contributed by atoms with van der Waals surface area (Å²) in [4.78, 5) is 18.5. The first-order valence-electron chi connectivity index (χ1n) is 9.85. The Balaban J connectivity index is 2.17. The summed E-state index contributed by atoms with van der Waals surface area (Å²) in [6.07, 6.45) is 4.45. The molecule has 7 nitrogen and oxygen atoms in total. The number of likely N-dealkylation sites (tertiary alicyclic amines) is 1. The van der Waals surface area contributed by atoms with Gasteiger partial charge in [-0.25, -0.2) is 4.99 Å². The Bertz CT molecular complexity index is 636. The number of nitrogens with one attached hydrogen (secondary N) is 1. The zero-order valence-electron chi connectivity index (χ0n) is 16.7. The smallest absolute Gasteiger partial charge is 0.217 e. The van der Waals surface area contributed by atoms with Gasteiger partial charge in [0.1, 0.15) is 0 Å². The molecule has 1 aromatic heterocycles. The Morgan fingerprint density at radius 3 is 2.73 bits per heavy atom. The molecule has 0 radical (unpaired) electrons. The first kappa shape index (κ1) is 20.3. The van der Waals surface area contributed by atoms with Gasteiger partial charge < -0.3 is 16.0 Å². The first-order chi connectivity index (χ1) is 12.5. The molecule has 0 spiro atoms. The highest BCUT2D eigenvalue weighted by Gasteiger charge is 2.24. The summed E-state index contributed by atoms with van der Waals surface area (Å²) in [5.74, 6) is 1.03. The van der Waals surface area contributed by atoms with Gasteiger partial charge in [0.15, 0.2) is 5.96 Å². The maximum Gasteiger partial charge on any atom is 0.217 e. The molecule has 1 fully saturated rings. The minimum atomic E-state index is -0.214. The number of guanidine groups is 1. The molecule has 2 rings (SSSR count). The van der Waals surface area contributed by atoms with Crippen LogP contribution in [0.3, 0.4) is 0 Å². The number of hydrogen-bond donors (Lipinski definition) is 2. The number of piperidine rings is 1. The minimum Gasteiger partial charge on any atom is -0.370 e. The Kier molecular flexibility index (Phi) is 7.48. The van der Waals surface area contributed by atoms with E-state index in [-0.39, 0.29) is 5.91 Å². The molecule has 1 aliphatic heterocycles. The highest BCUT2D eigenvalue weighted by molar-refractivity contribution is 5.80. The SMILES string of the molecule is CCNC(=NCc1c(CC)nn(C)c1CC)N1CCCC(CC(N)=O)C1. The number of nitrogens with two attached hydrogens (primary N) is 1. The molecule has 3 N–H and O–H groups in total. The molecular weight excluding hydrogens is 328 g/mol. The van der Waals surface area contributed by atoms with Gasteiger partial charge in [-0.2, -0.15) is 5.10 Å². The van der Waals surface area contributed by atoms with Crippen LogP contribution < -0.4 is 11.1 Å². The van der Waals surface area contributed by atoms with E-state index in [4.69, 9.17) is 10.7 Å². The fourth-order valence-corrected chi connectivity index (χ4v) is 3.86. The van der Waals surface area contributed by atoms with Crippen LogP contribution in [0.15, 0.2) is 4.99 Å². The van der Waals surface area contributed by atoms with Crippen molar-refractivity contribution in [1.82, 2.24) is 20.0 Å². The van der Waals surface area contributed by atoms with Crippen LogP contribution in [-0.2, 0) is 31.2 Å². The second kappa shape index (κ2) is 9.59. The molecule has 26 heavy (non-hydrogen) atoms. The number of aromatic nitrogens is 2. The Labute approximate surface area is 157 Å². The molecule has 1 saturated heterocycles. The summed E-state index contributed by atoms with van der Waals surface area (Å²) in [6.45, 7) is 9.65. The second-order valence-electron chi connectivity index (χ2n) is 7.00. The lowest BCUT2D eigenvalue weighted by Crippen LogP contribution is -2.47. The topological polar surface area (TPSA) is 88.5 Å². The van der Waals surface area contributed by atoms with Gasteiger partial charge in [-0.15, -0.1) is 0 Å². The van der Waals surface area contributed by atoms with Crippen LogP contribution in [-0.4, -0.2) is 46.2 Å². The first-order valence-corrected chi connectivity index (χ1v) is 9.85. The third kappa shape index (κ3) is 4.99. The van der Waals surface area contributed by atoms with E-state index in [9.17, 15) is 4.79 Å². The van der Waals surface area contributed by atoms with Crippen LogP contribution in [0, 0.1) is 5.92 Å². The van der Waals surface area contributed by atoms with Crippen molar-refractivity contribution >= 4 is 11.9 Å². The Morgan fingerprint density at radius 2 is 2.12 bits per heavy atom. The van der Waals surface area contributed by atoms with Crippen molar-refractivity contribution in [3.8, 4) is 0 Å². The number of aryl methyl sites for hydroxylation is 2. The van der Waals surface area contributed by atoms with Gasteiger partial charge >= 0.3 is 0 Å². The van der Waals surface area contributed by atoms with Crippen molar-refractivity contribution in [3.63, 3.8) is 0 Å². The number of amides is 1. The molecule has 1 aromatic rings. The van der Waals surface area contributed by atoms with Crippen molar-refractivity contribution in [2.24, 2.45) is 23.7 Å². The molecule has 0 aliphatic carbocycles. The molecule has 1 aliphatic rings. The van der Waals surface area contributed by atoms with Gasteiger partial charge in [-0.1, -0.05) is 13.8 Å². The van der Waals surface area contributed by atoms with Crippen LogP contribution in [0.1, 0.15) is 57.0 Å². The number of primary amides is 1. The van der Waals surface area contributed by atoms with Crippen molar-refractivity contribution in [3.05, 3.63) is 17.0 Å². The van der Waals surface area contributed by atoms with Gasteiger partial charge in [0.2, 0.25) is 5.91 Å². The van der Waals surface area contributed by atoms with E-state index in [0.717, 1.165) is 57.0 Å². The number of nitrogens with zero attached hydrogens (tertiary/aromatic N) is 4. The largest absolute Gasteiger partial charge is 0.370 e. The lowest BCUT2D eigenvalue weighted by atomic mass is 9.95. The van der Waals surface area contributed by atoms with Gasteiger partial charge in [0.05, 0.1) is 12.2 Å². The molecule has 2 heterocycles. The summed E-state index contributed by atoms with van der Waals surface area (Å²) < 4.78 is 1.99. The average molecular weight is 363 g/mol. The van der Waals surface area contributed by atoms with E-state index in [1.54, 1.807) is 0 Å². The summed E-state index contributed by atoms with van der Waals surface area (Å²) in [7, 11) is 2.01. The zero-order chi connectivity index (χ0) is 19.1. The average Bonchev–Trinajstić information content (AvgIpc) is 2.92. The second-order valence-corrected chi connectivity index (χ2v) is 7.00. The number of carbonyl (C=O) groups excluding carboxylic acids is 1. The molecule has 0 saturated carbocycles. The summed E-state index contributed by atoms with van der Waals surface area (Å²) in [5.41, 5.74) is 9.03. The maximum absolute atomic E-state index is 11.3. The Morgan fingerprint density at radius 1 is 1.35 bits per heavy atom. The molecule has 1 unspecified atom stereocenters. The number of aliphatic imine (C=N–C) groups is 1. The van der Waals surface area contributed by atoms with Crippen LogP contribution in [0.4, 0.5) is 0 Å². The molecule has 0 aromatic carbocycles. The van der Waals surface area contributed by atoms with Gasteiger partial charge in [-0.3, -0.25) is 9.48 Å². The number of hydrogen-bond acceptors (Lipinski definition) is 3. The molecule has 1 amide bonds. The lowest BCUT2D eigenvalue weighted by molar-refractivity contribution is -0.119. The normalized spacial score (nSPS) is 18.2.